The molecule has 1 aliphatic carbocycles. The molecule has 0 bridgehead atoms. The predicted molar refractivity (Wildman–Crippen MR) is 178 cm³/mol. The van der Waals surface area contributed by atoms with E-state index in [1.807, 2.05) is 0 Å². The first-order valence-electron chi connectivity index (χ1n) is 17.6. The van der Waals surface area contributed by atoms with Gasteiger partial charge in [0.15, 0.2) is 11.5 Å². The van der Waals surface area contributed by atoms with E-state index in [1.54, 1.807) is 11.3 Å². The van der Waals surface area contributed by atoms with Crippen LogP contribution < -0.4 is 0 Å². The Morgan fingerprint density at radius 2 is 0.732 bits per heavy atom. The van der Waals surface area contributed by atoms with E-state index in [0.717, 1.165) is 60.0 Å². The second kappa shape index (κ2) is 22.0. The number of fused-ring (bicyclic) bond motifs is 2. The third-order valence-corrected chi connectivity index (χ3v) is 9.15. The lowest BCUT2D eigenvalue weighted by molar-refractivity contribution is 0.224. The molecule has 5 heteroatoms. The Kier molecular flexibility index (Phi) is 18.2. The second-order valence-electron chi connectivity index (χ2n) is 12.2. The van der Waals surface area contributed by atoms with E-state index in [2.05, 4.69) is 24.6 Å². The van der Waals surface area contributed by atoms with Crippen LogP contribution in [0.3, 0.4) is 0 Å². The van der Waals surface area contributed by atoms with Crippen LogP contribution >= 0.6 is 11.3 Å². The second-order valence-corrected chi connectivity index (χ2v) is 12.9. The fourth-order valence-corrected chi connectivity index (χ4v) is 6.44. The lowest BCUT2D eigenvalue weighted by Gasteiger charge is -2.25. The molecule has 2 heterocycles. The molecular weight excluding hydrogens is 524 g/mol. The van der Waals surface area contributed by atoms with Crippen LogP contribution in [0.5, 0.6) is 0 Å². The summed E-state index contributed by atoms with van der Waals surface area (Å²) < 4.78 is 12.5. The molecule has 232 valence electrons. The van der Waals surface area contributed by atoms with E-state index in [4.69, 9.17) is 19.4 Å². The van der Waals surface area contributed by atoms with Gasteiger partial charge < -0.3 is 9.47 Å². The molecule has 0 fully saturated rings. The molecule has 0 amide bonds. The molecule has 3 rings (SSSR count). The topological polar surface area (TPSA) is 44.2 Å². The molecule has 41 heavy (non-hydrogen) atoms. The Labute approximate surface area is 256 Å². The first-order chi connectivity index (χ1) is 20.3. The Balaban J connectivity index is 1.27. The highest BCUT2D eigenvalue weighted by atomic mass is 32.1. The zero-order valence-corrected chi connectivity index (χ0v) is 27.5. The highest BCUT2D eigenvalue weighted by molar-refractivity contribution is 7.09. The van der Waals surface area contributed by atoms with Crippen molar-refractivity contribution in [3.05, 3.63) is 22.1 Å². The first kappa shape index (κ1) is 33.9. The maximum absolute atomic E-state index is 6.25. The predicted octanol–water partition coefficient (Wildman–Crippen LogP) is 12.3. The van der Waals surface area contributed by atoms with Crippen molar-refractivity contribution in [2.75, 3.05) is 13.2 Å². The largest absolute Gasteiger partial charge is 0.487 e. The minimum Gasteiger partial charge on any atom is -0.487 e. The number of thiophene rings is 1. The van der Waals surface area contributed by atoms with Gasteiger partial charge in [0.05, 0.1) is 13.2 Å². The summed E-state index contributed by atoms with van der Waals surface area (Å²) in [6.07, 6.45) is 32.5. The Hall–Kier alpha value is -1.62. The Bertz CT molecular complexity index is 896. The van der Waals surface area contributed by atoms with Gasteiger partial charge in [0, 0.05) is 10.8 Å². The summed E-state index contributed by atoms with van der Waals surface area (Å²) in [5, 5.41) is 4.13. The van der Waals surface area contributed by atoms with E-state index in [-0.39, 0.29) is 0 Å². The van der Waals surface area contributed by atoms with Crippen molar-refractivity contribution in [1.29, 1.82) is 0 Å². The van der Waals surface area contributed by atoms with E-state index >= 15 is 0 Å². The lowest BCUT2D eigenvalue weighted by Crippen LogP contribution is -2.17. The number of aromatic nitrogens is 2. The molecule has 4 nitrogen and oxygen atoms in total. The van der Waals surface area contributed by atoms with E-state index in [9.17, 15) is 0 Å². The van der Waals surface area contributed by atoms with Gasteiger partial charge in [0.2, 0.25) is 0 Å². The maximum Gasteiger partial charge on any atom is 0.191 e. The fraction of sp³-hybridized carbons (Fsp3) is 0.778. The van der Waals surface area contributed by atoms with Gasteiger partial charge in [0.1, 0.15) is 22.4 Å². The zero-order valence-electron chi connectivity index (χ0n) is 26.7. The standard InChI is InChI=1S/C36H60N2O2S/c1-3-5-7-9-11-13-15-17-19-21-23-25-27-39-35-33-34(38-32-30-41-29-31(32)37-33)36(35)40-28-26-24-22-20-18-16-14-12-10-8-6-4-2/h29-30H,3-28H2,1-2H3. The van der Waals surface area contributed by atoms with Crippen molar-refractivity contribution in [2.45, 2.75) is 168 Å². The smallest absolute Gasteiger partial charge is 0.191 e. The number of ether oxygens (including phenoxy) is 2. The lowest BCUT2D eigenvalue weighted by atomic mass is 10.0. The van der Waals surface area contributed by atoms with Crippen molar-refractivity contribution < 1.29 is 9.47 Å². The summed E-state index contributed by atoms with van der Waals surface area (Å²) in [4.78, 5) is 9.67. The molecule has 0 aromatic carbocycles. The Morgan fingerprint density at radius 3 is 1.05 bits per heavy atom. The normalized spacial score (nSPS) is 12.6. The molecular formula is C36H60N2O2S. The molecule has 0 radical (unpaired) electrons. The number of hydrogen-bond acceptors (Lipinski definition) is 5. The van der Waals surface area contributed by atoms with Gasteiger partial charge in [-0.1, -0.05) is 155 Å². The molecule has 0 N–H and O–H groups in total. The van der Waals surface area contributed by atoms with Crippen molar-refractivity contribution in [1.82, 2.24) is 9.97 Å². The van der Waals surface area contributed by atoms with Gasteiger partial charge >= 0.3 is 0 Å². The molecule has 0 saturated heterocycles. The Morgan fingerprint density at radius 1 is 0.439 bits per heavy atom. The SMILES string of the molecule is CCCCCCCCCCCCCCOC1=C(OCCCCCCCCCCCCCC)c2nc3cscc3nc21. The first-order valence-corrected chi connectivity index (χ1v) is 18.5. The third kappa shape index (κ3) is 13.1. The van der Waals surface area contributed by atoms with Gasteiger partial charge in [-0.2, -0.15) is 0 Å². The summed E-state index contributed by atoms with van der Waals surface area (Å²) in [6.45, 7) is 6.05. The van der Waals surface area contributed by atoms with Crippen LogP contribution in [0, 0.1) is 0 Å². The number of unbranched alkanes of at least 4 members (excludes halogenated alkanes) is 22. The molecule has 0 aliphatic heterocycles. The van der Waals surface area contributed by atoms with Crippen LogP contribution in [-0.4, -0.2) is 23.2 Å². The number of nitrogens with zero attached hydrogens (tertiary/aromatic N) is 2. The summed E-state index contributed by atoms with van der Waals surface area (Å²) in [6, 6.07) is 0. The van der Waals surface area contributed by atoms with Gasteiger partial charge in [-0.05, 0) is 12.8 Å². The maximum atomic E-state index is 6.25. The third-order valence-electron chi connectivity index (χ3n) is 8.44. The summed E-state index contributed by atoms with van der Waals surface area (Å²) in [5.74, 6) is 1.67. The van der Waals surface area contributed by atoms with E-state index < -0.39 is 0 Å². The van der Waals surface area contributed by atoms with Crippen LogP contribution in [0.2, 0.25) is 0 Å². The minimum atomic E-state index is 0.737. The van der Waals surface area contributed by atoms with Crippen LogP contribution in [-0.2, 0) is 9.47 Å². The van der Waals surface area contributed by atoms with Gasteiger partial charge in [0.25, 0.3) is 0 Å². The summed E-state index contributed by atoms with van der Waals surface area (Å²) >= 11 is 1.65. The van der Waals surface area contributed by atoms with Crippen molar-refractivity contribution in [2.24, 2.45) is 0 Å². The average Bonchev–Trinajstić information content (AvgIpc) is 3.45. The number of hydrogen-bond donors (Lipinski definition) is 0. The van der Waals surface area contributed by atoms with Crippen molar-refractivity contribution in [3.8, 4) is 0 Å². The molecule has 0 atom stereocenters. The number of rotatable bonds is 28. The van der Waals surface area contributed by atoms with Gasteiger partial charge in [-0.3, -0.25) is 0 Å². The molecule has 2 aromatic rings. The zero-order chi connectivity index (χ0) is 28.8. The van der Waals surface area contributed by atoms with Crippen molar-refractivity contribution >= 4 is 33.9 Å². The molecule has 0 saturated carbocycles. The monoisotopic (exact) mass is 584 g/mol. The van der Waals surface area contributed by atoms with Crippen LogP contribution in [0.1, 0.15) is 179 Å². The minimum absolute atomic E-state index is 0.737. The highest BCUT2D eigenvalue weighted by Gasteiger charge is 2.34. The summed E-state index contributed by atoms with van der Waals surface area (Å²) in [7, 11) is 0. The van der Waals surface area contributed by atoms with E-state index in [1.165, 1.54) is 141 Å². The highest BCUT2D eigenvalue weighted by Crippen LogP contribution is 2.41. The molecule has 2 aromatic heterocycles. The molecule has 0 spiro atoms. The van der Waals surface area contributed by atoms with Gasteiger partial charge in [-0.15, -0.1) is 11.3 Å². The van der Waals surface area contributed by atoms with Crippen LogP contribution in [0.4, 0.5) is 0 Å². The van der Waals surface area contributed by atoms with Crippen LogP contribution in [0.25, 0.3) is 22.6 Å². The quantitative estimate of drug-likeness (QED) is 0.0933. The fourth-order valence-electron chi connectivity index (χ4n) is 5.77. The van der Waals surface area contributed by atoms with E-state index in [0.29, 0.717) is 0 Å². The molecule has 1 aliphatic rings. The van der Waals surface area contributed by atoms with Gasteiger partial charge in [-0.25, -0.2) is 9.97 Å². The average molecular weight is 585 g/mol. The van der Waals surface area contributed by atoms with Crippen molar-refractivity contribution in [3.63, 3.8) is 0 Å². The van der Waals surface area contributed by atoms with Crippen LogP contribution in [0.15, 0.2) is 10.8 Å². The summed E-state index contributed by atoms with van der Waals surface area (Å²) in [5.41, 5.74) is 3.69. The molecule has 0 unspecified atom stereocenters.